The van der Waals surface area contributed by atoms with Crippen LogP contribution in [0.3, 0.4) is 0 Å². The molecule has 0 unspecified atom stereocenters. The van der Waals surface area contributed by atoms with Crippen molar-refractivity contribution in [3.05, 3.63) is 58.1 Å². The first-order valence-corrected chi connectivity index (χ1v) is 7.36. The van der Waals surface area contributed by atoms with Gasteiger partial charge in [0.25, 0.3) is 5.91 Å². The summed E-state index contributed by atoms with van der Waals surface area (Å²) in [6.45, 7) is 2.61. The van der Waals surface area contributed by atoms with Crippen LogP contribution in [0.15, 0.2) is 42.5 Å². The second-order valence-corrected chi connectivity index (χ2v) is 5.19. The fraction of sp³-hybridized carbons (Fsp3) is 0.188. The third kappa shape index (κ3) is 3.90. The third-order valence-corrected chi connectivity index (χ3v) is 3.61. The van der Waals surface area contributed by atoms with Crippen molar-refractivity contribution in [1.82, 2.24) is 0 Å². The Morgan fingerprint density at radius 1 is 1.14 bits per heavy atom. The summed E-state index contributed by atoms with van der Waals surface area (Å²) in [5.41, 5.74) is 0.932. The molecule has 0 aliphatic rings. The van der Waals surface area contributed by atoms with Gasteiger partial charge in [-0.25, -0.2) is 0 Å². The zero-order valence-electron chi connectivity index (χ0n) is 11.5. The minimum atomic E-state index is -0.324. The SMILES string of the molecule is CCCOc1ccccc1NC(=O)c1cccc(Cl)c1Cl. The van der Waals surface area contributed by atoms with E-state index in [-0.39, 0.29) is 10.9 Å². The van der Waals surface area contributed by atoms with E-state index >= 15 is 0 Å². The van der Waals surface area contributed by atoms with E-state index < -0.39 is 0 Å². The Balaban J connectivity index is 2.22. The maximum absolute atomic E-state index is 12.3. The molecule has 0 heterocycles. The van der Waals surface area contributed by atoms with E-state index in [9.17, 15) is 4.79 Å². The maximum Gasteiger partial charge on any atom is 0.257 e. The molecule has 0 aliphatic carbocycles. The summed E-state index contributed by atoms with van der Waals surface area (Å²) in [4.78, 5) is 12.3. The Bertz CT molecular complexity index is 644. The second kappa shape index (κ2) is 7.34. The molecule has 21 heavy (non-hydrogen) atoms. The molecule has 2 rings (SSSR count). The van der Waals surface area contributed by atoms with Gasteiger partial charge in [-0.15, -0.1) is 0 Å². The van der Waals surface area contributed by atoms with Crippen molar-refractivity contribution in [3.8, 4) is 5.75 Å². The lowest BCUT2D eigenvalue weighted by Gasteiger charge is -2.12. The highest BCUT2D eigenvalue weighted by Gasteiger charge is 2.14. The van der Waals surface area contributed by atoms with Gasteiger partial charge in [-0.1, -0.05) is 48.3 Å². The third-order valence-electron chi connectivity index (χ3n) is 2.79. The molecule has 2 aromatic rings. The van der Waals surface area contributed by atoms with Crippen LogP contribution in [0.4, 0.5) is 5.69 Å². The van der Waals surface area contributed by atoms with E-state index in [0.717, 1.165) is 6.42 Å². The number of carbonyl (C=O) groups excluding carboxylic acids is 1. The van der Waals surface area contributed by atoms with Crippen LogP contribution in [0.25, 0.3) is 0 Å². The van der Waals surface area contributed by atoms with E-state index in [4.69, 9.17) is 27.9 Å². The number of halogens is 2. The number of ether oxygens (including phenoxy) is 1. The number of rotatable bonds is 5. The highest BCUT2D eigenvalue weighted by molar-refractivity contribution is 6.44. The zero-order chi connectivity index (χ0) is 15.2. The first-order chi connectivity index (χ1) is 10.1. The predicted octanol–water partition coefficient (Wildman–Crippen LogP) is 5.03. The van der Waals surface area contributed by atoms with Crippen molar-refractivity contribution in [2.24, 2.45) is 0 Å². The number of amides is 1. The molecule has 0 saturated heterocycles. The van der Waals surface area contributed by atoms with Gasteiger partial charge in [0.15, 0.2) is 0 Å². The Morgan fingerprint density at radius 2 is 1.90 bits per heavy atom. The number of anilines is 1. The van der Waals surface area contributed by atoms with Crippen molar-refractivity contribution in [3.63, 3.8) is 0 Å². The van der Waals surface area contributed by atoms with Crippen molar-refractivity contribution >= 4 is 34.8 Å². The minimum absolute atomic E-state index is 0.239. The molecule has 0 aromatic heterocycles. The van der Waals surface area contributed by atoms with Gasteiger partial charge in [-0.05, 0) is 30.7 Å². The highest BCUT2D eigenvalue weighted by atomic mass is 35.5. The summed E-state index contributed by atoms with van der Waals surface area (Å²) in [6, 6.07) is 12.2. The van der Waals surface area contributed by atoms with Gasteiger partial charge >= 0.3 is 0 Å². The van der Waals surface area contributed by atoms with Crippen molar-refractivity contribution in [2.75, 3.05) is 11.9 Å². The molecule has 0 aliphatic heterocycles. The largest absolute Gasteiger partial charge is 0.491 e. The smallest absolute Gasteiger partial charge is 0.257 e. The van der Waals surface area contributed by atoms with E-state index in [1.165, 1.54) is 0 Å². The lowest BCUT2D eigenvalue weighted by molar-refractivity contribution is 0.102. The Labute approximate surface area is 133 Å². The Morgan fingerprint density at radius 3 is 2.67 bits per heavy atom. The molecule has 0 atom stereocenters. The zero-order valence-corrected chi connectivity index (χ0v) is 13.0. The van der Waals surface area contributed by atoms with Crippen LogP contribution in [0, 0.1) is 0 Å². The number of benzene rings is 2. The fourth-order valence-electron chi connectivity index (χ4n) is 1.78. The van der Waals surface area contributed by atoms with E-state index in [0.29, 0.717) is 28.6 Å². The standard InChI is InChI=1S/C16H15Cl2NO2/c1-2-10-21-14-9-4-3-8-13(14)19-16(20)11-6-5-7-12(17)15(11)18/h3-9H,2,10H2,1H3,(H,19,20). The molecule has 110 valence electrons. The van der Waals surface area contributed by atoms with E-state index in [1.54, 1.807) is 24.3 Å². The van der Waals surface area contributed by atoms with Gasteiger partial charge in [-0.3, -0.25) is 4.79 Å². The summed E-state index contributed by atoms with van der Waals surface area (Å²) >= 11 is 12.0. The summed E-state index contributed by atoms with van der Waals surface area (Å²) in [7, 11) is 0. The molecular formula is C16H15Cl2NO2. The van der Waals surface area contributed by atoms with Crippen LogP contribution in [0.1, 0.15) is 23.7 Å². The van der Waals surface area contributed by atoms with Gasteiger partial charge in [0.1, 0.15) is 5.75 Å². The summed E-state index contributed by atoms with van der Waals surface area (Å²) in [5.74, 6) is 0.306. The van der Waals surface area contributed by atoms with Gasteiger partial charge in [0.05, 0.1) is 27.9 Å². The molecular weight excluding hydrogens is 309 g/mol. The average molecular weight is 324 g/mol. The molecule has 0 fully saturated rings. The van der Waals surface area contributed by atoms with Gasteiger partial charge in [-0.2, -0.15) is 0 Å². The first kappa shape index (κ1) is 15.7. The number of para-hydroxylation sites is 2. The molecule has 3 nitrogen and oxygen atoms in total. The molecule has 0 spiro atoms. The van der Waals surface area contributed by atoms with Crippen LogP contribution in [-0.2, 0) is 0 Å². The molecule has 1 N–H and O–H groups in total. The summed E-state index contributed by atoms with van der Waals surface area (Å²) in [6.07, 6.45) is 0.891. The molecule has 0 bridgehead atoms. The van der Waals surface area contributed by atoms with Crippen LogP contribution in [0.5, 0.6) is 5.75 Å². The van der Waals surface area contributed by atoms with E-state index in [1.807, 2.05) is 25.1 Å². The van der Waals surface area contributed by atoms with Crippen LogP contribution < -0.4 is 10.1 Å². The van der Waals surface area contributed by atoms with Crippen molar-refractivity contribution in [2.45, 2.75) is 13.3 Å². The van der Waals surface area contributed by atoms with Crippen LogP contribution >= 0.6 is 23.2 Å². The monoisotopic (exact) mass is 323 g/mol. The van der Waals surface area contributed by atoms with E-state index in [2.05, 4.69) is 5.32 Å². The predicted molar refractivity (Wildman–Crippen MR) is 86.6 cm³/mol. The molecule has 5 heteroatoms. The Hall–Kier alpha value is -1.71. The summed E-state index contributed by atoms with van der Waals surface area (Å²) in [5, 5.41) is 3.38. The quantitative estimate of drug-likeness (QED) is 0.837. The van der Waals surface area contributed by atoms with Crippen LogP contribution in [-0.4, -0.2) is 12.5 Å². The van der Waals surface area contributed by atoms with Gasteiger partial charge in [0.2, 0.25) is 0 Å². The van der Waals surface area contributed by atoms with Gasteiger partial charge in [0, 0.05) is 0 Å². The molecule has 0 saturated carbocycles. The maximum atomic E-state index is 12.3. The number of hydrogen-bond donors (Lipinski definition) is 1. The molecule has 2 aromatic carbocycles. The normalized spacial score (nSPS) is 10.2. The van der Waals surface area contributed by atoms with Crippen LogP contribution in [0.2, 0.25) is 10.0 Å². The fourth-order valence-corrected chi connectivity index (χ4v) is 2.16. The van der Waals surface area contributed by atoms with Crippen molar-refractivity contribution in [1.29, 1.82) is 0 Å². The minimum Gasteiger partial charge on any atom is -0.491 e. The lowest BCUT2D eigenvalue weighted by atomic mass is 10.2. The molecule has 0 radical (unpaired) electrons. The number of carbonyl (C=O) groups is 1. The number of nitrogens with one attached hydrogen (secondary N) is 1. The topological polar surface area (TPSA) is 38.3 Å². The first-order valence-electron chi connectivity index (χ1n) is 6.60. The second-order valence-electron chi connectivity index (χ2n) is 4.40. The van der Waals surface area contributed by atoms with Gasteiger partial charge < -0.3 is 10.1 Å². The number of hydrogen-bond acceptors (Lipinski definition) is 2. The molecule has 1 amide bonds. The lowest BCUT2D eigenvalue weighted by Crippen LogP contribution is -2.13. The highest BCUT2D eigenvalue weighted by Crippen LogP contribution is 2.28. The Kier molecular flexibility index (Phi) is 5.48. The summed E-state index contributed by atoms with van der Waals surface area (Å²) < 4.78 is 5.60. The van der Waals surface area contributed by atoms with Crippen molar-refractivity contribution < 1.29 is 9.53 Å². The average Bonchev–Trinajstić information content (AvgIpc) is 2.49.